The minimum Gasteiger partial charge on any atom is -0.307 e. The molecule has 0 aromatic heterocycles. The van der Waals surface area contributed by atoms with E-state index in [0.29, 0.717) is 5.69 Å². The highest BCUT2D eigenvalue weighted by Gasteiger charge is 2.02. The van der Waals surface area contributed by atoms with Gasteiger partial charge in [0.2, 0.25) is 0 Å². The average molecular weight is 245 g/mol. The molecule has 0 saturated heterocycles. The first-order chi connectivity index (χ1) is 8.75. The molecule has 0 aliphatic heterocycles. The van der Waals surface area contributed by atoms with Gasteiger partial charge in [-0.25, -0.2) is 9.18 Å². The van der Waals surface area contributed by atoms with E-state index in [1.54, 1.807) is 36.4 Å². The minimum atomic E-state index is -0.468. The Kier molecular flexibility index (Phi) is 3.76. The van der Waals surface area contributed by atoms with Crippen molar-refractivity contribution in [1.29, 1.82) is 0 Å². The molecule has 0 fully saturated rings. The smallest absolute Gasteiger partial charge is 0.307 e. The van der Waals surface area contributed by atoms with Crippen LogP contribution in [0.25, 0.3) is 0 Å². The molecule has 18 heavy (non-hydrogen) atoms. The number of nitrogens with one attached hydrogen (secondary N) is 3. The first-order valence-corrected chi connectivity index (χ1v) is 5.38. The van der Waals surface area contributed by atoms with Gasteiger partial charge >= 0.3 is 6.03 Å². The van der Waals surface area contributed by atoms with Crippen LogP contribution in [0.4, 0.5) is 20.6 Å². The minimum absolute atomic E-state index is 0.209. The van der Waals surface area contributed by atoms with Crippen molar-refractivity contribution in [1.82, 2.24) is 5.43 Å². The Bertz CT molecular complexity index is 531. The molecule has 2 amide bonds. The van der Waals surface area contributed by atoms with Crippen molar-refractivity contribution in [2.75, 3.05) is 10.7 Å². The highest BCUT2D eigenvalue weighted by Crippen LogP contribution is 2.10. The van der Waals surface area contributed by atoms with Crippen molar-refractivity contribution in [3.05, 3.63) is 60.4 Å². The lowest BCUT2D eigenvalue weighted by molar-refractivity contribution is 0.254. The van der Waals surface area contributed by atoms with Gasteiger partial charge in [-0.1, -0.05) is 30.3 Å². The number of hydrazine groups is 1. The molecule has 2 rings (SSSR count). The van der Waals surface area contributed by atoms with E-state index in [1.807, 2.05) is 6.07 Å². The number of benzene rings is 2. The van der Waals surface area contributed by atoms with Crippen LogP contribution in [0.5, 0.6) is 0 Å². The van der Waals surface area contributed by atoms with Gasteiger partial charge in [-0.05, 0) is 24.3 Å². The predicted molar refractivity (Wildman–Crippen MR) is 68.6 cm³/mol. The Labute approximate surface area is 104 Å². The van der Waals surface area contributed by atoms with Crippen molar-refractivity contribution < 1.29 is 9.18 Å². The van der Waals surface area contributed by atoms with E-state index in [9.17, 15) is 9.18 Å². The third-order valence-corrected chi connectivity index (χ3v) is 2.22. The van der Waals surface area contributed by atoms with Crippen LogP contribution in [0.2, 0.25) is 0 Å². The van der Waals surface area contributed by atoms with Crippen molar-refractivity contribution in [2.45, 2.75) is 0 Å². The lowest BCUT2D eigenvalue weighted by atomic mass is 10.3. The maximum Gasteiger partial charge on any atom is 0.337 e. The molecule has 2 aromatic carbocycles. The average Bonchev–Trinajstić information content (AvgIpc) is 2.39. The van der Waals surface area contributed by atoms with Crippen LogP contribution in [-0.2, 0) is 0 Å². The first kappa shape index (κ1) is 11.9. The summed E-state index contributed by atoms with van der Waals surface area (Å²) in [6.07, 6.45) is 0. The second kappa shape index (κ2) is 5.67. The zero-order valence-electron chi connectivity index (χ0n) is 9.48. The van der Waals surface area contributed by atoms with Crippen molar-refractivity contribution >= 4 is 17.4 Å². The van der Waals surface area contributed by atoms with Crippen LogP contribution in [0, 0.1) is 5.82 Å². The van der Waals surface area contributed by atoms with Gasteiger partial charge in [-0.15, -0.1) is 0 Å². The van der Waals surface area contributed by atoms with Gasteiger partial charge in [0.05, 0.1) is 5.69 Å². The van der Waals surface area contributed by atoms with Gasteiger partial charge in [0.25, 0.3) is 0 Å². The summed E-state index contributed by atoms with van der Waals surface area (Å²) in [6.45, 7) is 0. The Hall–Kier alpha value is -2.56. The highest BCUT2D eigenvalue weighted by atomic mass is 19.1. The molecule has 0 saturated carbocycles. The largest absolute Gasteiger partial charge is 0.337 e. The molecule has 3 N–H and O–H groups in total. The predicted octanol–water partition coefficient (Wildman–Crippen LogP) is 2.97. The van der Waals surface area contributed by atoms with Crippen LogP contribution >= 0.6 is 0 Å². The normalized spacial score (nSPS) is 9.61. The maximum absolute atomic E-state index is 13.2. The van der Waals surface area contributed by atoms with E-state index in [-0.39, 0.29) is 5.69 Å². The van der Waals surface area contributed by atoms with Crippen LogP contribution < -0.4 is 16.2 Å². The molecule has 0 heterocycles. The zero-order chi connectivity index (χ0) is 12.8. The van der Waals surface area contributed by atoms with Crippen LogP contribution in [0.3, 0.4) is 0 Å². The number of rotatable bonds is 3. The van der Waals surface area contributed by atoms with Gasteiger partial charge in [-0.2, -0.15) is 0 Å². The lowest BCUT2D eigenvalue weighted by Gasteiger charge is -2.10. The summed E-state index contributed by atoms with van der Waals surface area (Å²) < 4.78 is 13.2. The maximum atomic E-state index is 13.2. The number of hydrogen-bond acceptors (Lipinski definition) is 2. The van der Waals surface area contributed by atoms with Gasteiger partial charge in [0.15, 0.2) is 0 Å². The van der Waals surface area contributed by atoms with E-state index < -0.39 is 11.8 Å². The molecular weight excluding hydrogens is 233 g/mol. The number of carbonyl (C=O) groups is 1. The third kappa shape index (κ3) is 3.21. The fraction of sp³-hybridized carbons (Fsp3) is 0. The zero-order valence-corrected chi connectivity index (χ0v) is 9.48. The van der Waals surface area contributed by atoms with E-state index in [0.717, 1.165) is 0 Å². The van der Waals surface area contributed by atoms with E-state index in [1.165, 1.54) is 12.1 Å². The molecule has 0 radical (unpaired) electrons. The summed E-state index contributed by atoms with van der Waals surface area (Å²) in [6, 6.07) is 14.6. The molecule has 0 spiro atoms. The van der Waals surface area contributed by atoms with E-state index in [4.69, 9.17) is 0 Å². The van der Waals surface area contributed by atoms with Crippen LogP contribution in [0.15, 0.2) is 54.6 Å². The fourth-order valence-corrected chi connectivity index (χ4v) is 1.37. The summed E-state index contributed by atoms with van der Waals surface area (Å²) in [5.74, 6) is -0.433. The summed E-state index contributed by atoms with van der Waals surface area (Å²) in [5.41, 5.74) is 5.71. The summed E-state index contributed by atoms with van der Waals surface area (Å²) >= 11 is 0. The second-order valence-electron chi connectivity index (χ2n) is 3.55. The van der Waals surface area contributed by atoms with Crippen molar-refractivity contribution in [3.8, 4) is 0 Å². The highest BCUT2D eigenvalue weighted by molar-refractivity contribution is 5.89. The number of hydrogen-bond donors (Lipinski definition) is 3. The van der Waals surface area contributed by atoms with Crippen LogP contribution in [0.1, 0.15) is 0 Å². The quantitative estimate of drug-likeness (QED) is 0.728. The number of carbonyl (C=O) groups excluding carboxylic acids is 1. The van der Waals surface area contributed by atoms with E-state index in [2.05, 4.69) is 16.2 Å². The van der Waals surface area contributed by atoms with Gasteiger partial charge in [0, 0.05) is 5.69 Å². The summed E-state index contributed by atoms with van der Waals surface area (Å²) in [7, 11) is 0. The fourth-order valence-electron chi connectivity index (χ4n) is 1.37. The second-order valence-corrected chi connectivity index (χ2v) is 3.55. The molecule has 4 nitrogen and oxygen atoms in total. The molecule has 0 aliphatic carbocycles. The Balaban J connectivity index is 1.88. The SMILES string of the molecule is O=C(NNc1ccccc1F)Nc1ccccc1. The number of para-hydroxylation sites is 2. The van der Waals surface area contributed by atoms with Crippen LogP contribution in [-0.4, -0.2) is 6.03 Å². The Morgan fingerprint density at radius 2 is 1.61 bits per heavy atom. The molecule has 0 unspecified atom stereocenters. The molecular formula is C13H12FN3O. The molecule has 0 bridgehead atoms. The number of urea groups is 1. The number of amides is 2. The van der Waals surface area contributed by atoms with Gasteiger partial charge in [-0.3, -0.25) is 10.9 Å². The van der Waals surface area contributed by atoms with Crippen molar-refractivity contribution in [3.63, 3.8) is 0 Å². The molecule has 5 heteroatoms. The Morgan fingerprint density at radius 1 is 0.944 bits per heavy atom. The molecule has 0 aliphatic rings. The Morgan fingerprint density at radius 3 is 2.33 bits per heavy atom. The van der Waals surface area contributed by atoms with Gasteiger partial charge in [0.1, 0.15) is 5.82 Å². The third-order valence-electron chi connectivity index (χ3n) is 2.22. The van der Waals surface area contributed by atoms with Gasteiger partial charge < -0.3 is 5.32 Å². The molecule has 2 aromatic rings. The molecule has 0 atom stereocenters. The number of anilines is 2. The standard InChI is InChI=1S/C13H12FN3O/c14-11-8-4-5-9-12(11)16-17-13(18)15-10-6-2-1-3-7-10/h1-9,16H,(H2,15,17,18). The van der Waals surface area contributed by atoms with E-state index >= 15 is 0 Å². The summed E-state index contributed by atoms with van der Waals surface area (Å²) in [5, 5.41) is 2.60. The topological polar surface area (TPSA) is 53.2 Å². The molecule has 92 valence electrons. The summed E-state index contributed by atoms with van der Waals surface area (Å²) in [4.78, 5) is 11.5. The number of halogens is 1. The monoisotopic (exact) mass is 245 g/mol. The first-order valence-electron chi connectivity index (χ1n) is 5.38. The lowest BCUT2D eigenvalue weighted by Crippen LogP contribution is -2.33. The van der Waals surface area contributed by atoms with Crippen molar-refractivity contribution in [2.24, 2.45) is 0 Å².